The predicted octanol–water partition coefficient (Wildman–Crippen LogP) is 0.164. The molecule has 174 valence electrons. The highest BCUT2D eigenvalue weighted by Gasteiger charge is 2.45. The number of carbonyl (C=O) groups is 5. The van der Waals surface area contributed by atoms with Gasteiger partial charge < -0.3 is 15.5 Å². The molecule has 2 fully saturated rings. The van der Waals surface area contributed by atoms with Gasteiger partial charge in [-0.1, -0.05) is 6.07 Å². The summed E-state index contributed by atoms with van der Waals surface area (Å²) in [6.45, 7) is 3.93. The van der Waals surface area contributed by atoms with Gasteiger partial charge >= 0.3 is 0 Å². The van der Waals surface area contributed by atoms with Crippen molar-refractivity contribution in [1.82, 2.24) is 20.4 Å². The Labute approximate surface area is 197 Å². The molecule has 0 radical (unpaired) electrons. The second-order valence-electron chi connectivity index (χ2n) is 7.72. The molecule has 12 heteroatoms. The molecular weight excluding hydrogens is 461 g/mol. The lowest BCUT2D eigenvalue weighted by Crippen LogP contribution is -2.54. The zero-order valence-electron chi connectivity index (χ0n) is 17.4. The Kier molecular flexibility index (Phi) is 8.22. The second-order valence-corrected chi connectivity index (χ2v) is 7.72. The van der Waals surface area contributed by atoms with Crippen LogP contribution in [0.5, 0.6) is 0 Å². The van der Waals surface area contributed by atoms with Gasteiger partial charge in [-0.25, -0.2) is 0 Å². The van der Waals surface area contributed by atoms with E-state index in [4.69, 9.17) is 0 Å². The van der Waals surface area contributed by atoms with Crippen LogP contribution in [-0.4, -0.2) is 77.6 Å². The maximum atomic E-state index is 13.0. The first kappa shape index (κ1) is 25.6. The number of piperazine rings is 1. The summed E-state index contributed by atoms with van der Waals surface area (Å²) >= 11 is 0. The van der Waals surface area contributed by atoms with Gasteiger partial charge in [0.25, 0.3) is 11.8 Å². The highest BCUT2D eigenvalue weighted by molar-refractivity contribution is 6.25. The largest absolute Gasteiger partial charge is 0.375 e. The van der Waals surface area contributed by atoms with Crippen molar-refractivity contribution >= 4 is 60.0 Å². The van der Waals surface area contributed by atoms with E-state index in [0.717, 1.165) is 11.4 Å². The number of amides is 5. The van der Waals surface area contributed by atoms with Gasteiger partial charge in [0.15, 0.2) is 0 Å². The number of nitrogens with zero attached hydrogens (tertiary/aromatic N) is 2. The molecule has 0 spiro atoms. The molecule has 3 N–H and O–H groups in total. The van der Waals surface area contributed by atoms with E-state index in [9.17, 15) is 24.0 Å². The first-order valence-electron chi connectivity index (χ1n) is 9.96. The molecule has 3 aliphatic heterocycles. The van der Waals surface area contributed by atoms with Crippen LogP contribution in [0.3, 0.4) is 0 Å². The second kappa shape index (κ2) is 10.3. The number of nitrogens with one attached hydrogen (secondary N) is 3. The van der Waals surface area contributed by atoms with Crippen LogP contribution in [0.4, 0.5) is 5.69 Å². The molecule has 10 nitrogen and oxygen atoms in total. The Hall–Kier alpha value is -2.69. The van der Waals surface area contributed by atoms with Gasteiger partial charge in [-0.2, -0.15) is 0 Å². The molecule has 2 saturated heterocycles. The van der Waals surface area contributed by atoms with Crippen molar-refractivity contribution in [3.05, 3.63) is 29.3 Å². The first-order chi connectivity index (χ1) is 14.4. The topological polar surface area (TPSA) is 128 Å². The van der Waals surface area contributed by atoms with Gasteiger partial charge in [0.2, 0.25) is 17.7 Å². The number of hydrogen-bond acceptors (Lipinski definition) is 7. The van der Waals surface area contributed by atoms with Crippen LogP contribution in [0.1, 0.15) is 40.5 Å². The molecule has 0 saturated carbocycles. The third-order valence-corrected chi connectivity index (χ3v) is 5.62. The van der Waals surface area contributed by atoms with Crippen LogP contribution in [0, 0.1) is 0 Å². The van der Waals surface area contributed by atoms with Gasteiger partial charge in [-0.05, 0) is 25.5 Å². The number of halogens is 2. The third-order valence-electron chi connectivity index (χ3n) is 5.62. The molecule has 1 aromatic rings. The minimum atomic E-state index is -1.02. The van der Waals surface area contributed by atoms with Crippen molar-refractivity contribution in [1.29, 1.82) is 0 Å². The van der Waals surface area contributed by atoms with Gasteiger partial charge in [0, 0.05) is 37.8 Å². The van der Waals surface area contributed by atoms with E-state index in [-0.39, 0.29) is 67.3 Å². The molecule has 0 aliphatic carbocycles. The van der Waals surface area contributed by atoms with Crippen molar-refractivity contribution in [3.8, 4) is 0 Å². The highest BCUT2D eigenvalue weighted by atomic mass is 35.5. The molecular formula is C20H25Cl2N5O5. The zero-order valence-corrected chi connectivity index (χ0v) is 19.0. The molecule has 3 heterocycles. The van der Waals surface area contributed by atoms with Crippen molar-refractivity contribution in [2.24, 2.45) is 0 Å². The number of carbonyl (C=O) groups excluding carboxylic acids is 5. The van der Waals surface area contributed by atoms with Crippen LogP contribution < -0.4 is 16.0 Å². The Bertz CT molecular complexity index is 956. The van der Waals surface area contributed by atoms with Gasteiger partial charge in [-0.3, -0.25) is 34.2 Å². The lowest BCUT2D eigenvalue weighted by Gasteiger charge is -2.32. The van der Waals surface area contributed by atoms with E-state index in [1.54, 1.807) is 17.0 Å². The third kappa shape index (κ3) is 4.72. The number of rotatable bonds is 4. The Morgan fingerprint density at radius 3 is 2.59 bits per heavy atom. The van der Waals surface area contributed by atoms with Crippen LogP contribution in [0.2, 0.25) is 0 Å². The van der Waals surface area contributed by atoms with E-state index < -0.39 is 29.7 Å². The van der Waals surface area contributed by atoms with Crippen LogP contribution in [0.25, 0.3) is 0 Å². The molecule has 32 heavy (non-hydrogen) atoms. The fourth-order valence-electron chi connectivity index (χ4n) is 4.10. The standard InChI is InChI=1S/C20H23N5O5.2ClH/c1-11-10-24(8-7-21-11)16(27)9-22-13-4-2-3-12-17(13)20(30)25(19(12)29)14-5-6-15(26)23-18(14)28;;/h2-4,11,14,21-22H,5-10H2,1H3,(H,23,26,28);2*1H/t11-,14?;;/m0../s1. The summed E-state index contributed by atoms with van der Waals surface area (Å²) in [7, 11) is 0. The van der Waals surface area contributed by atoms with Crippen LogP contribution >= 0.6 is 24.8 Å². The van der Waals surface area contributed by atoms with Crippen molar-refractivity contribution < 1.29 is 24.0 Å². The van der Waals surface area contributed by atoms with Crippen molar-refractivity contribution in [2.45, 2.75) is 31.8 Å². The summed E-state index contributed by atoms with van der Waals surface area (Å²) in [5, 5.41) is 8.43. The smallest absolute Gasteiger partial charge is 0.264 e. The summed E-state index contributed by atoms with van der Waals surface area (Å²) in [5.74, 6) is -2.35. The maximum absolute atomic E-state index is 13.0. The fourth-order valence-corrected chi connectivity index (χ4v) is 4.10. The monoisotopic (exact) mass is 485 g/mol. The van der Waals surface area contributed by atoms with E-state index in [2.05, 4.69) is 16.0 Å². The average Bonchev–Trinajstić information content (AvgIpc) is 2.97. The summed E-state index contributed by atoms with van der Waals surface area (Å²) < 4.78 is 0. The molecule has 5 amide bonds. The molecule has 2 atom stereocenters. The number of piperidine rings is 1. The molecule has 0 bridgehead atoms. The van der Waals surface area contributed by atoms with Gasteiger partial charge in [-0.15, -0.1) is 24.8 Å². The van der Waals surface area contributed by atoms with Crippen molar-refractivity contribution in [2.75, 3.05) is 31.5 Å². The first-order valence-corrected chi connectivity index (χ1v) is 9.96. The van der Waals surface area contributed by atoms with Crippen molar-refractivity contribution in [3.63, 3.8) is 0 Å². The highest BCUT2D eigenvalue weighted by Crippen LogP contribution is 2.32. The zero-order chi connectivity index (χ0) is 21.4. The van der Waals surface area contributed by atoms with E-state index >= 15 is 0 Å². The molecule has 4 rings (SSSR count). The number of hydrogen-bond donors (Lipinski definition) is 3. The quantitative estimate of drug-likeness (QED) is 0.518. The van der Waals surface area contributed by atoms with Crippen LogP contribution in [0.15, 0.2) is 18.2 Å². The molecule has 3 aliphatic rings. The normalized spacial score (nSPS) is 22.5. The number of imide groups is 2. The fraction of sp³-hybridized carbons (Fsp3) is 0.450. The molecule has 0 aromatic heterocycles. The summed E-state index contributed by atoms with van der Waals surface area (Å²) in [6, 6.07) is 3.97. The lowest BCUT2D eigenvalue weighted by atomic mass is 10.0. The Morgan fingerprint density at radius 1 is 1.16 bits per heavy atom. The summed E-state index contributed by atoms with van der Waals surface area (Å²) in [4.78, 5) is 64.7. The van der Waals surface area contributed by atoms with E-state index in [1.165, 1.54) is 6.07 Å². The lowest BCUT2D eigenvalue weighted by molar-refractivity contribution is -0.136. The number of anilines is 1. The minimum Gasteiger partial charge on any atom is -0.375 e. The Morgan fingerprint density at radius 2 is 1.91 bits per heavy atom. The summed E-state index contributed by atoms with van der Waals surface area (Å²) in [5.41, 5.74) is 0.698. The maximum Gasteiger partial charge on any atom is 0.264 e. The summed E-state index contributed by atoms with van der Waals surface area (Å²) in [6.07, 6.45) is 0.158. The van der Waals surface area contributed by atoms with Gasteiger partial charge in [0.05, 0.1) is 17.7 Å². The molecule has 1 aromatic carbocycles. The Balaban J connectivity index is 0.00000181. The van der Waals surface area contributed by atoms with Crippen LogP contribution in [-0.2, 0) is 14.4 Å². The van der Waals surface area contributed by atoms with E-state index in [1.807, 2.05) is 6.92 Å². The predicted molar refractivity (Wildman–Crippen MR) is 120 cm³/mol. The minimum absolute atomic E-state index is 0. The number of benzene rings is 1. The SMILES string of the molecule is C[C@H]1CN(C(=O)CNc2cccc3c2C(=O)N(C2CCC(=O)NC2=O)C3=O)CCN1.Cl.Cl. The van der Waals surface area contributed by atoms with Gasteiger partial charge in [0.1, 0.15) is 6.04 Å². The molecule has 1 unspecified atom stereocenters. The van der Waals surface area contributed by atoms with E-state index in [0.29, 0.717) is 18.8 Å². The number of fused-ring (bicyclic) bond motifs is 1. The average molecular weight is 486 g/mol.